The molecule has 23 heavy (non-hydrogen) atoms. The maximum absolute atomic E-state index is 12.3. The van der Waals surface area contributed by atoms with E-state index in [4.69, 9.17) is 4.55 Å². The van der Waals surface area contributed by atoms with Gasteiger partial charge in [-0.25, -0.2) is 4.31 Å². The fourth-order valence-corrected chi connectivity index (χ4v) is 3.78. The Labute approximate surface area is 132 Å². The van der Waals surface area contributed by atoms with Crippen LogP contribution in [-0.2, 0) is 26.3 Å². The maximum Gasteiger partial charge on any atom is 0.362 e. The average Bonchev–Trinajstić information content (AvgIpc) is 3.01. The van der Waals surface area contributed by atoms with Crippen molar-refractivity contribution in [2.75, 3.05) is 6.54 Å². The number of tetrazole rings is 1. The molecule has 1 N–H and O–H groups in total. The lowest BCUT2D eigenvalue weighted by Crippen LogP contribution is -2.68. The van der Waals surface area contributed by atoms with Crippen LogP contribution in [0.3, 0.4) is 0 Å². The second kappa shape index (κ2) is 5.23. The molecule has 1 aromatic rings. The minimum atomic E-state index is -4.58. The van der Waals surface area contributed by atoms with Crippen LogP contribution < -0.4 is 0 Å². The molecule has 12 heteroatoms. The molecule has 3 heterocycles. The molecule has 0 bridgehead atoms. The van der Waals surface area contributed by atoms with Crippen LogP contribution in [0.5, 0.6) is 0 Å². The van der Waals surface area contributed by atoms with Gasteiger partial charge in [-0.2, -0.15) is 13.2 Å². The normalized spacial score (nSPS) is 24.1. The van der Waals surface area contributed by atoms with Crippen molar-refractivity contribution >= 4 is 22.1 Å². The Bertz CT molecular complexity index is 759. The highest BCUT2D eigenvalue weighted by atomic mass is 32.2. The van der Waals surface area contributed by atoms with Crippen molar-refractivity contribution in [3.63, 3.8) is 0 Å². The predicted octanol–water partition coefficient (Wildman–Crippen LogP) is -1.59. The van der Waals surface area contributed by atoms with Crippen molar-refractivity contribution in [2.24, 2.45) is 0 Å². The van der Waals surface area contributed by atoms with E-state index in [0.29, 0.717) is 10.7 Å². The zero-order valence-electron chi connectivity index (χ0n) is 12.5. The molecule has 0 spiro atoms. The number of aromatic nitrogens is 4. The Hall–Kier alpha value is -2.08. The second-order valence-electron chi connectivity index (χ2n) is 5.80. The molecule has 11 nitrogen and oxygen atoms in total. The van der Waals surface area contributed by atoms with E-state index in [9.17, 15) is 18.0 Å². The summed E-state index contributed by atoms with van der Waals surface area (Å²) in [6.07, 6.45) is 0.184. The lowest BCUT2D eigenvalue weighted by Gasteiger charge is -2.42. The van der Waals surface area contributed by atoms with Crippen molar-refractivity contribution < 1.29 is 22.6 Å². The molecular weight excluding hydrogens is 328 g/mol. The molecule has 2 aliphatic rings. The van der Waals surface area contributed by atoms with E-state index < -0.39 is 28.3 Å². The number of hydrogen-bond acceptors (Lipinski definition) is 7. The SMILES string of the molecule is CC(C)n1nnc(CC(=O)N2CC[C@@H]3[C@H]2C(=O)N3S(=O)(=O)O)n1. The molecule has 2 saturated heterocycles. The lowest BCUT2D eigenvalue weighted by molar-refractivity contribution is -0.151. The molecule has 0 aromatic carbocycles. The van der Waals surface area contributed by atoms with Gasteiger partial charge in [0.1, 0.15) is 6.04 Å². The third-order valence-electron chi connectivity index (χ3n) is 3.95. The standard InChI is InChI=1S/C11H16N6O5S/c1-6(2)17-13-8(12-14-17)5-9(18)15-4-3-7-10(15)11(19)16(7)23(20,21)22/h6-7,10H,3-5H2,1-2H3,(H,20,21,22)/t7-,10+/m1/s1. The first-order chi connectivity index (χ1) is 10.7. The Kier molecular flexibility index (Phi) is 3.59. The van der Waals surface area contributed by atoms with E-state index in [-0.39, 0.29) is 30.7 Å². The van der Waals surface area contributed by atoms with Crippen LogP contribution >= 0.6 is 0 Å². The molecule has 2 atom stereocenters. The molecule has 2 amide bonds. The molecule has 0 radical (unpaired) electrons. The van der Waals surface area contributed by atoms with E-state index in [2.05, 4.69) is 15.4 Å². The minimum absolute atomic E-state index is 0.0130. The van der Waals surface area contributed by atoms with E-state index in [0.717, 1.165) is 0 Å². The fraction of sp³-hybridized carbons (Fsp3) is 0.727. The quantitative estimate of drug-likeness (QED) is 0.509. The zero-order chi connectivity index (χ0) is 16.9. The number of hydrogen-bond donors (Lipinski definition) is 1. The van der Waals surface area contributed by atoms with Crippen molar-refractivity contribution in [3.05, 3.63) is 5.82 Å². The number of amides is 2. The lowest BCUT2D eigenvalue weighted by atomic mass is 10.00. The number of β-lactam (4-membered cyclic amide) rings is 1. The van der Waals surface area contributed by atoms with Crippen molar-refractivity contribution in [1.82, 2.24) is 29.4 Å². The highest BCUT2D eigenvalue weighted by Crippen LogP contribution is 2.35. The Morgan fingerprint density at radius 2 is 2.13 bits per heavy atom. The average molecular weight is 344 g/mol. The summed E-state index contributed by atoms with van der Waals surface area (Å²) in [6.45, 7) is 3.98. The van der Waals surface area contributed by atoms with E-state index in [1.807, 2.05) is 13.8 Å². The second-order valence-corrected chi connectivity index (χ2v) is 7.09. The summed E-state index contributed by atoms with van der Waals surface area (Å²) in [5.74, 6) is -0.920. The first-order valence-electron chi connectivity index (χ1n) is 7.08. The zero-order valence-corrected chi connectivity index (χ0v) is 13.3. The summed E-state index contributed by atoms with van der Waals surface area (Å²) in [5.41, 5.74) is 0. The van der Waals surface area contributed by atoms with Crippen LogP contribution in [0.15, 0.2) is 0 Å². The molecule has 1 aromatic heterocycles. The first-order valence-corrected chi connectivity index (χ1v) is 8.48. The summed E-state index contributed by atoms with van der Waals surface area (Å²) in [4.78, 5) is 26.9. The van der Waals surface area contributed by atoms with Crippen LogP contribution in [-0.4, -0.2) is 72.8 Å². The van der Waals surface area contributed by atoms with Crippen molar-refractivity contribution in [2.45, 2.75) is 44.8 Å². The topological polar surface area (TPSA) is 139 Å². The highest BCUT2D eigenvalue weighted by Gasteiger charge is 2.59. The van der Waals surface area contributed by atoms with Gasteiger partial charge in [0.15, 0.2) is 5.82 Å². The van der Waals surface area contributed by atoms with E-state index >= 15 is 0 Å². The number of carbonyl (C=O) groups is 2. The van der Waals surface area contributed by atoms with Crippen LogP contribution in [0.25, 0.3) is 0 Å². The number of likely N-dealkylation sites (tertiary alicyclic amines) is 1. The third kappa shape index (κ3) is 2.57. The largest absolute Gasteiger partial charge is 0.362 e. The van der Waals surface area contributed by atoms with Gasteiger partial charge in [-0.3, -0.25) is 14.1 Å². The van der Waals surface area contributed by atoms with Gasteiger partial charge in [-0.1, -0.05) is 0 Å². The van der Waals surface area contributed by atoms with Crippen LogP contribution in [0.2, 0.25) is 0 Å². The summed E-state index contributed by atoms with van der Waals surface area (Å²) in [5, 5.41) is 11.7. The monoisotopic (exact) mass is 344 g/mol. The maximum atomic E-state index is 12.3. The predicted molar refractivity (Wildman–Crippen MR) is 74.2 cm³/mol. The van der Waals surface area contributed by atoms with E-state index in [1.54, 1.807) is 0 Å². The molecule has 0 saturated carbocycles. The number of nitrogens with zero attached hydrogens (tertiary/aromatic N) is 6. The van der Waals surface area contributed by atoms with Crippen molar-refractivity contribution in [3.8, 4) is 0 Å². The molecule has 2 aliphatic heterocycles. The van der Waals surface area contributed by atoms with Gasteiger partial charge in [0, 0.05) is 6.54 Å². The fourth-order valence-electron chi connectivity index (χ4n) is 2.88. The van der Waals surface area contributed by atoms with Gasteiger partial charge in [0.05, 0.1) is 18.5 Å². The minimum Gasteiger partial charge on any atom is -0.328 e. The van der Waals surface area contributed by atoms with Gasteiger partial charge in [0.2, 0.25) is 5.91 Å². The summed E-state index contributed by atoms with van der Waals surface area (Å²) in [6, 6.07) is -1.52. The Morgan fingerprint density at radius 3 is 2.70 bits per heavy atom. The van der Waals surface area contributed by atoms with Crippen LogP contribution in [0.1, 0.15) is 32.1 Å². The highest BCUT2D eigenvalue weighted by molar-refractivity contribution is 7.84. The molecule has 0 unspecified atom stereocenters. The van der Waals surface area contributed by atoms with Gasteiger partial charge < -0.3 is 4.90 Å². The van der Waals surface area contributed by atoms with Gasteiger partial charge >= 0.3 is 10.3 Å². The summed E-state index contributed by atoms with van der Waals surface area (Å²) < 4.78 is 31.7. The van der Waals surface area contributed by atoms with E-state index in [1.165, 1.54) is 9.70 Å². The van der Waals surface area contributed by atoms with Crippen molar-refractivity contribution in [1.29, 1.82) is 0 Å². The summed E-state index contributed by atoms with van der Waals surface area (Å²) >= 11 is 0. The smallest absolute Gasteiger partial charge is 0.328 e. The van der Waals surface area contributed by atoms with Gasteiger partial charge in [-0.05, 0) is 25.5 Å². The number of carbonyl (C=O) groups excluding carboxylic acids is 2. The molecule has 2 fully saturated rings. The van der Waals surface area contributed by atoms with Gasteiger partial charge in [0.25, 0.3) is 5.91 Å². The Balaban J connectivity index is 1.69. The molecular formula is C11H16N6O5S. The first kappa shape index (κ1) is 15.8. The van der Waals surface area contributed by atoms with Crippen LogP contribution in [0, 0.1) is 0 Å². The third-order valence-corrected chi connectivity index (χ3v) is 4.90. The molecule has 3 rings (SSSR count). The number of rotatable bonds is 4. The molecule has 0 aliphatic carbocycles. The van der Waals surface area contributed by atoms with Gasteiger partial charge in [-0.15, -0.1) is 10.2 Å². The molecule has 126 valence electrons. The number of fused-ring (bicyclic) bond motifs is 1. The summed E-state index contributed by atoms with van der Waals surface area (Å²) in [7, 11) is -4.58. The Morgan fingerprint density at radius 1 is 1.43 bits per heavy atom. The van der Waals surface area contributed by atoms with Crippen LogP contribution in [0.4, 0.5) is 0 Å².